The number of hydrogen-bond donors (Lipinski definition) is 1. The number of benzene rings is 1. The van der Waals surface area contributed by atoms with E-state index in [0.29, 0.717) is 43.5 Å². The maximum Gasteiger partial charge on any atom is 0.220 e. The molecule has 1 amide bonds. The molecule has 136 valence electrons. The van der Waals surface area contributed by atoms with Crippen LogP contribution < -0.4 is 10.1 Å². The van der Waals surface area contributed by atoms with Gasteiger partial charge in [0, 0.05) is 25.8 Å². The van der Waals surface area contributed by atoms with Gasteiger partial charge in [0.05, 0.1) is 7.11 Å². The van der Waals surface area contributed by atoms with Crippen LogP contribution >= 0.6 is 0 Å². The van der Waals surface area contributed by atoms with Crippen LogP contribution in [0.2, 0.25) is 0 Å². The smallest absolute Gasteiger partial charge is 0.220 e. The lowest BCUT2D eigenvalue weighted by Gasteiger charge is -2.09. The number of ether oxygens (including phenoxy) is 1. The third-order valence-corrected chi connectivity index (χ3v) is 4.21. The SMILES string of the molecule is CC[C@@H](C)CNC(=O)CCc1nnc(CCc2ccc(OC)cc2)o1. The van der Waals surface area contributed by atoms with Crippen molar-refractivity contribution in [2.24, 2.45) is 5.92 Å². The van der Waals surface area contributed by atoms with Crippen LogP contribution in [-0.2, 0) is 24.1 Å². The molecular formula is C19H27N3O3. The second-order valence-corrected chi connectivity index (χ2v) is 6.26. The van der Waals surface area contributed by atoms with Crippen molar-refractivity contribution in [3.63, 3.8) is 0 Å². The zero-order chi connectivity index (χ0) is 18.1. The normalized spacial score (nSPS) is 12.0. The van der Waals surface area contributed by atoms with Crippen LogP contribution in [-0.4, -0.2) is 29.8 Å². The Morgan fingerprint density at radius 2 is 1.84 bits per heavy atom. The Hall–Kier alpha value is -2.37. The minimum Gasteiger partial charge on any atom is -0.497 e. The van der Waals surface area contributed by atoms with Gasteiger partial charge in [-0.1, -0.05) is 32.4 Å². The van der Waals surface area contributed by atoms with Gasteiger partial charge >= 0.3 is 0 Å². The zero-order valence-corrected chi connectivity index (χ0v) is 15.2. The highest BCUT2D eigenvalue weighted by molar-refractivity contribution is 5.75. The summed E-state index contributed by atoms with van der Waals surface area (Å²) in [6, 6.07) is 7.93. The monoisotopic (exact) mass is 345 g/mol. The Labute approximate surface area is 149 Å². The molecule has 0 bridgehead atoms. The number of carbonyl (C=O) groups is 1. The highest BCUT2D eigenvalue weighted by atomic mass is 16.5. The summed E-state index contributed by atoms with van der Waals surface area (Å²) in [7, 11) is 1.65. The van der Waals surface area contributed by atoms with Gasteiger partial charge < -0.3 is 14.5 Å². The molecule has 0 saturated carbocycles. The first-order chi connectivity index (χ1) is 12.1. The summed E-state index contributed by atoms with van der Waals surface area (Å²) >= 11 is 0. The zero-order valence-electron chi connectivity index (χ0n) is 15.2. The second-order valence-electron chi connectivity index (χ2n) is 6.26. The largest absolute Gasteiger partial charge is 0.497 e. The quantitative estimate of drug-likeness (QED) is 0.716. The number of aromatic nitrogens is 2. The van der Waals surface area contributed by atoms with Crippen LogP contribution in [0.4, 0.5) is 0 Å². The summed E-state index contributed by atoms with van der Waals surface area (Å²) < 4.78 is 10.8. The molecule has 0 aliphatic heterocycles. The first kappa shape index (κ1) is 19.0. The van der Waals surface area contributed by atoms with Crippen molar-refractivity contribution in [1.29, 1.82) is 0 Å². The molecule has 0 aliphatic carbocycles. The minimum absolute atomic E-state index is 0.0262. The molecule has 0 unspecified atom stereocenters. The highest BCUT2D eigenvalue weighted by Crippen LogP contribution is 2.13. The van der Waals surface area contributed by atoms with E-state index in [1.165, 1.54) is 5.56 Å². The summed E-state index contributed by atoms with van der Waals surface area (Å²) in [4.78, 5) is 11.8. The predicted molar refractivity (Wildman–Crippen MR) is 95.5 cm³/mol. The molecule has 1 aromatic heterocycles. The molecule has 1 atom stereocenters. The maximum absolute atomic E-state index is 11.8. The Morgan fingerprint density at radius 3 is 2.48 bits per heavy atom. The molecule has 25 heavy (non-hydrogen) atoms. The molecule has 0 fully saturated rings. The van der Waals surface area contributed by atoms with Crippen molar-refractivity contribution >= 4 is 5.91 Å². The van der Waals surface area contributed by atoms with Gasteiger partial charge in [-0.2, -0.15) is 0 Å². The first-order valence-corrected chi connectivity index (χ1v) is 8.81. The Balaban J connectivity index is 1.73. The van der Waals surface area contributed by atoms with Crippen molar-refractivity contribution in [2.45, 2.75) is 46.0 Å². The molecule has 6 heteroatoms. The summed E-state index contributed by atoms with van der Waals surface area (Å²) in [5.41, 5.74) is 1.19. The Morgan fingerprint density at radius 1 is 1.16 bits per heavy atom. The van der Waals surface area contributed by atoms with Crippen LogP contribution in [0.15, 0.2) is 28.7 Å². The van der Waals surface area contributed by atoms with Crippen LogP contribution in [0.5, 0.6) is 5.75 Å². The third-order valence-electron chi connectivity index (χ3n) is 4.21. The standard InChI is InChI=1S/C19H27N3O3/c1-4-14(2)13-20-17(23)10-12-19-22-21-18(25-19)11-7-15-5-8-16(24-3)9-6-15/h5-6,8-9,14H,4,7,10-13H2,1-3H3,(H,20,23)/t14-/m1/s1. The molecule has 1 N–H and O–H groups in total. The topological polar surface area (TPSA) is 77.2 Å². The van der Waals surface area contributed by atoms with Crippen molar-refractivity contribution < 1.29 is 13.9 Å². The Kier molecular flexibility index (Phi) is 7.44. The average molecular weight is 345 g/mol. The number of aryl methyl sites for hydroxylation is 3. The van der Waals surface area contributed by atoms with E-state index in [4.69, 9.17) is 9.15 Å². The van der Waals surface area contributed by atoms with E-state index >= 15 is 0 Å². The third kappa shape index (κ3) is 6.57. The summed E-state index contributed by atoms with van der Waals surface area (Å²) in [6.07, 6.45) is 3.40. The van der Waals surface area contributed by atoms with Gasteiger partial charge in [0.25, 0.3) is 0 Å². The van der Waals surface area contributed by atoms with Gasteiger partial charge in [-0.25, -0.2) is 0 Å². The van der Waals surface area contributed by atoms with Crippen molar-refractivity contribution in [3.05, 3.63) is 41.6 Å². The van der Waals surface area contributed by atoms with E-state index in [1.54, 1.807) is 7.11 Å². The van der Waals surface area contributed by atoms with Crippen LogP contribution in [0, 0.1) is 5.92 Å². The lowest BCUT2D eigenvalue weighted by Crippen LogP contribution is -2.28. The average Bonchev–Trinajstić information content (AvgIpc) is 3.11. The van der Waals surface area contributed by atoms with Crippen LogP contribution in [0.25, 0.3) is 0 Å². The maximum atomic E-state index is 11.8. The second kappa shape index (κ2) is 9.81. The number of nitrogens with one attached hydrogen (secondary N) is 1. The molecule has 0 radical (unpaired) electrons. The fourth-order valence-corrected chi connectivity index (χ4v) is 2.28. The van der Waals surface area contributed by atoms with E-state index in [9.17, 15) is 4.79 Å². The molecule has 0 saturated heterocycles. The van der Waals surface area contributed by atoms with E-state index in [1.807, 2.05) is 24.3 Å². The van der Waals surface area contributed by atoms with E-state index in [2.05, 4.69) is 29.4 Å². The van der Waals surface area contributed by atoms with Gasteiger partial charge in [-0.05, 0) is 30.0 Å². The molecule has 1 heterocycles. The number of hydrogen-bond acceptors (Lipinski definition) is 5. The van der Waals surface area contributed by atoms with Crippen LogP contribution in [0.3, 0.4) is 0 Å². The van der Waals surface area contributed by atoms with E-state index in [0.717, 1.165) is 18.6 Å². The molecule has 6 nitrogen and oxygen atoms in total. The number of carbonyl (C=O) groups excluding carboxylic acids is 1. The number of rotatable bonds is 10. The lowest BCUT2D eigenvalue weighted by atomic mass is 10.1. The highest BCUT2D eigenvalue weighted by Gasteiger charge is 2.10. The number of amides is 1. The summed E-state index contributed by atoms with van der Waals surface area (Å²) in [6.45, 7) is 4.95. The predicted octanol–water partition coefficient (Wildman–Crippen LogP) is 2.96. The van der Waals surface area contributed by atoms with Gasteiger partial charge in [0.2, 0.25) is 17.7 Å². The molecule has 2 rings (SSSR count). The number of methoxy groups -OCH3 is 1. The van der Waals surface area contributed by atoms with Crippen molar-refractivity contribution in [2.75, 3.05) is 13.7 Å². The fourth-order valence-electron chi connectivity index (χ4n) is 2.28. The van der Waals surface area contributed by atoms with E-state index < -0.39 is 0 Å². The number of nitrogens with zero attached hydrogens (tertiary/aromatic N) is 2. The fraction of sp³-hybridized carbons (Fsp3) is 0.526. The molecule has 2 aromatic rings. The van der Waals surface area contributed by atoms with Crippen molar-refractivity contribution in [1.82, 2.24) is 15.5 Å². The van der Waals surface area contributed by atoms with Gasteiger partial charge in [-0.3, -0.25) is 4.79 Å². The van der Waals surface area contributed by atoms with Crippen molar-refractivity contribution in [3.8, 4) is 5.75 Å². The van der Waals surface area contributed by atoms with Gasteiger partial charge in [0.15, 0.2) is 0 Å². The lowest BCUT2D eigenvalue weighted by molar-refractivity contribution is -0.121. The molecule has 1 aromatic carbocycles. The molecular weight excluding hydrogens is 318 g/mol. The molecule has 0 aliphatic rings. The summed E-state index contributed by atoms with van der Waals surface area (Å²) in [5, 5.41) is 11.0. The Bertz CT molecular complexity index is 652. The summed E-state index contributed by atoms with van der Waals surface area (Å²) in [5.74, 6) is 2.49. The minimum atomic E-state index is 0.0262. The van der Waals surface area contributed by atoms with Gasteiger partial charge in [0.1, 0.15) is 5.75 Å². The van der Waals surface area contributed by atoms with Crippen LogP contribution in [0.1, 0.15) is 44.0 Å². The van der Waals surface area contributed by atoms with E-state index in [-0.39, 0.29) is 5.91 Å². The first-order valence-electron chi connectivity index (χ1n) is 8.81. The van der Waals surface area contributed by atoms with Gasteiger partial charge in [-0.15, -0.1) is 10.2 Å². The molecule has 0 spiro atoms.